The molecule has 0 aliphatic carbocycles. The monoisotopic (exact) mass is 338 g/mol. The van der Waals surface area contributed by atoms with Crippen LogP contribution in [-0.2, 0) is 0 Å². The molecule has 1 aromatic carbocycles. The summed E-state index contributed by atoms with van der Waals surface area (Å²) in [6.45, 7) is 2.91. The Morgan fingerprint density at radius 2 is 2.15 bits per heavy atom. The van der Waals surface area contributed by atoms with E-state index in [9.17, 15) is 4.79 Å². The average molecular weight is 339 g/mol. The average Bonchev–Trinajstić information content (AvgIpc) is 2.88. The number of aromatic amines is 1. The van der Waals surface area contributed by atoms with Crippen molar-refractivity contribution in [3.8, 4) is 22.8 Å². The number of halogens is 1. The summed E-state index contributed by atoms with van der Waals surface area (Å²) < 4.78 is 11.9. The molecule has 0 amide bonds. The number of nitrogens with one attached hydrogen (secondary N) is 1. The van der Waals surface area contributed by atoms with Crippen molar-refractivity contribution in [2.75, 3.05) is 13.2 Å². The Bertz CT molecular complexity index is 696. The van der Waals surface area contributed by atoms with Gasteiger partial charge in [-0.3, -0.25) is 5.10 Å². The summed E-state index contributed by atoms with van der Waals surface area (Å²) in [4.78, 5) is 10.9. The number of H-pyrrole nitrogens is 1. The molecule has 0 radical (unpaired) electrons. The number of aryl methyl sites for hydroxylation is 1. The largest absolute Gasteiger partial charge is 0.486 e. The van der Waals surface area contributed by atoms with Crippen LogP contribution in [0.25, 0.3) is 11.3 Å². The number of hydrogen-bond donors (Lipinski definition) is 2. The summed E-state index contributed by atoms with van der Waals surface area (Å²) in [5.74, 6) is 0.255. The Hall–Kier alpha value is -2.02. The lowest BCUT2D eigenvalue weighted by atomic mass is 10.0. The van der Waals surface area contributed by atoms with Crippen LogP contribution in [0.4, 0.5) is 0 Å². The van der Waals surface area contributed by atoms with Gasteiger partial charge in [0.2, 0.25) is 0 Å². The number of nitrogens with zero attached hydrogens (tertiary/aromatic N) is 1. The lowest BCUT2D eigenvalue weighted by molar-refractivity contribution is 0.0690. The van der Waals surface area contributed by atoms with Crippen molar-refractivity contribution in [2.24, 2.45) is 0 Å². The molecule has 1 aliphatic heterocycles. The van der Waals surface area contributed by atoms with Crippen molar-refractivity contribution in [1.82, 2.24) is 10.2 Å². The molecule has 7 heteroatoms. The molecule has 0 atom stereocenters. The van der Waals surface area contributed by atoms with Crippen LogP contribution in [0, 0.1) is 6.92 Å². The van der Waals surface area contributed by atoms with E-state index in [-0.39, 0.29) is 5.69 Å². The molecule has 6 nitrogen and oxygen atoms in total. The van der Waals surface area contributed by atoms with E-state index in [1.807, 2.05) is 13.0 Å². The molecule has 0 spiro atoms. The summed E-state index contributed by atoms with van der Waals surface area (Å²) in [6, 6.07) is 3.36. The van der Waals surface area contributed by atoms with Gasteiger partial charge >= 0.3 is 5.97 Å². The minimum absolute atomic E-state index is 0.0428. The van der Waals surface area contributed by atoms with E-state index in [1.165, 1.54) is 6.07 Å². The molecule has 0 saturated heterocycles. The molecule has 1 aromatic heterocycles. The number of aromatic nitrogens is 2. The third-order valence-electron chi connectivity index (χ3n) is 3.04. The first-order chi connectivity index (χ1) is 9.58. The van der Waals surface area contributed by atoms with Gasteiger partial charge in [0.15, 0.2) is 11.5 Å². The highest BCUT2D eigenvalue weighted by Gasteiger charge is 2.22. The zero-order chi connectivity index (χ0) is 14.3. The van der Waals surface area contributed by atoms with Crippen LogP contribution in [0.2, 0.25) is 0 Å². The van der Waals surface area contributed by atoms with E-state index in [4.69, 9.17) is 14.6 Å². The highest BCUT2D eigenvalue weighted by Crippen LogP contribution is 2.45. The van der Waals surface area contributed by atoms with Crippen LogP contribution < -0.4 is 9.47 Å². The lowest BCUT2D eigenvalue weighted by Crippen LogP contribution is -2.16. The maximum Gasteiger partial charge on any atom is 0.353 e. The lowest BCUT2D eigenvalue weighted by Gasteiger charge is -2.22. The first-order valence-corrected chi connectivity index (χ1v) is 6.75. The van der Waals surface area contributed by atoms with E-state index in [1.54, 1.807) is 0 Å². The summed E-state index contributed by atoms with van der Waals surface area (Å²) >= 11 is 3.49. The SMILES string of the molecule is Cc1cc2c(c(Br)c1-c1cc(C(=O)O)[nH]n1)OCCO2. The van der Waals surface area contributed by atoms with Gasteiger partial charge < -0.3 is 14.6 Å². The number of fused-ring (bicyclic) bond motifs is 1. The van der Waals surface area contributed by atoms with Crippen LogP contribution >= 0.6 is 15.9 Å². The van der Waals surface area contributed by atoms with Crippen molar-refractivity contribution in [3.63, 3.8) is 0 Å². The van der Waals surface area contributed by atoms with Gasteiger partial charge in [-0.05, 0) is 40.5 Å². The van der Waals surface area contributed by atoms with E-state index >= 15 is 0 Å². The van der Waals surface area contributed by atoms with E-state index in [2.05, 4.69) is 26.1 Å². The van der Waals surface area contributed by atoms with Crippen molar-refractivity contribution in [1.29, 1.82) is 0 Å². The number of carboxylic acid groups (broad SMARTS) is 1. The van der Waals surface area contributed by atoms with Gasteiger partial charge in [0.05, 0.1) is 10.2 Å². The number of hydrogen-bond acceptors (Lipinski definition) is 4. The Balaban J connectivity index is 2.15. The Morgan fingerprint density at radius 1 is 1.40 bits per heavy atom. The zero-order valence-electron chi connectivity index (χ0n) is 10.6. The highest BCUT2D eigenvalue weighted by atomic mass is 79.9. The second-order valence-corrected chi connectivity index (χ2v) is 5.17. The van der Waals surface area contributed by atoms with Gasteiger partial charge in [-0.25, -0.2) is 4.79 Å². The number of benzene rings is 1. The van der Waals surface area contributed by atoms with E-state index in [0.29, 0.717) is 30.4 Å². The maximum absolute atomic E-state index is 10.9. The van der Waals surface area contributed by atoms with Crippen molar-refractivity contribution in [2.45, 2.75) is 6.92 Å². The molecular formula is C13H11BrN2O4. The predicted octanol–water partition coefficient (Wildman–Crippen LogP) is 2.62. The quantitative estimate of drug-likeness (QED) is 0.879. The standard InChI is InChI=1S/C13H11BrN2O4/c1-6-4-9-12(20-3-2-19-9)11(14)10(6)7-5-8(13(17)18)16-15-7/h4-5H,2-3H2,1H3,(H,15,16)(H,17,18). The summed E-state index contributed by atoms with van der Waals surface area (Å²) in [6.07, 6.45) is 0. The Morgan fingerprint density at radius 3 is 2.85 bits per heavy atom. The first-order valence-electron chi connectivity index (χ1n) is 5.95. The van der Waals surface area contributed by atoms with Gasteiger partial charge in [-0.15, -0.1) is 0 Å². The fraction of sp³-hybridized carbons (Fsp3) is 0.231. The minimum Gasteiger partial charge on any atom is -0.486 e. The molecule has 2 heterocycles. The van der Waals surface area contributed by atoms with Crippen molar-refractivity contribution >= 4 is 21.9 Å². The zero-order valence-corrected chi connectivity index (χ0v) is 12.2. The molecule has 20 heavy (non-hydrogen) atoms. The normalized spacial score (nSPS) is 13.3. The molecule has 2 N–H and O–H groups in total. The van der Waals surface area contributed by atoms with Gasteiger partial charge in [-0.2, -0.15) is 5.10 Å². The summed E-state index contributed by atoms with van der Waals surface area (Å²) in [5.41, 5.74) is 2.30. The number of carbonyl (C=O) groups is 1. The van der Waals surface area contributed by atoms with E-state index < -0.39 is 5.97 Å². The summed E-state index contributed by atoms with van der Waals surface area (Å²) in [7, 11) is 0. The highest BCUT2D eigenvalue weighted by molar-refractivity contribution is 9.10. The second-order valence-electron chi connectivity index (χ2n) is 4.38. The molecule has 104 valence electrons. The topological polar surface area (TPSA) is 84.4 Å². The number of rotatable bonds is 2. The smallest absolute Gasteiger partial charge is 0.353 e. The van der Waals surface area contributed by atoms with Crippen molar-refractivity contribution in [3.05, 3.63) is 27.9 Å². The number of aromatic carboxylic acids is 1. The molecule has 1 aliphatic rings. The number of carboxylic acids is 1. The maximum atomic E-state index is 10.9. The second kappa shape index (κ2) is 4.82. The van der Waals surface area contributed by atoms with Crippen molar-refractivity contribution < 1.29 is 19.4 Å². The van der Waals surface area contributed by atoms with Crippen LogP contribution in [0.1, 0.15) is 16.1 Å². The first kappa shape index (κ1) is 13.0. The van der Waals surface area contributed by atoms with Gasteiger partial charge in [0.25, 0.3) is 0 Å². The third kappa shape index (κ3) is 2.03. The Kier molecular flexibility index (Phi) is 3.13. The van der Waals surface area contributed by atoms with Gasteiger partial charge in [0, 0.05) is 5.56 Å². The Labute approximate surface area is 122 Å². The summed E-state index contributed by atoms with van der Waals surface area (Å²) in [5, 5.41) is 15.5. The fourth-order valence-corrected chi connectivity index (χ4v) is 2.97. The number of ether oxygens (including phenoxy) is 2. The van der Waals surface area contributed by atoms with Crippen LogP contribution in [0.15, 0.2) is 16.6 Å². The fourth-order valence-electron chi connectivity index (χ4n) is 2.14. The third-order valence-corrected chi connectivity index (χ3v) is 3.79. The molecule has 2 aromatic rings. The van der Waals surface area contributed by atoms with Crippen LogP contribution in [0.3, 0.4) is 0 Å². The predicted molar refractivity (Wildman–Crippen MR) is 74.4 cm³/mol. The molecule has 3 rings (SSSR count). The molecule has 0 saturated carbocycles. The molecular weight excluding hydrogens is 328 g/mol. The molecule has 0 unspecified atom stereocenters. The van der Waals surface area contributed by atoms with Crippen LogP contribution in [-0.4, -0.2) is 34.5 Å². The van der Waals surface area contributed by atoms with Gasteiger partial charge in [-0.1, -0.05) is 0 Å². The van der Waals surface area contributed by atoms with Crippen LogP contribution in [0.5, 0.6) is 11.5 Å². The molecule has 0 bridgehead atoms. The van der Waals surface area contributed by atoms with Gasteiger partial charge in [0.1, 0.15) is 18.9 Å². The van der Waals surface area contributed by atoms with E-state index in [0.717, 1.165) is 15.6 Å². The molecule has 0 fully saturated rings. The minimum atomic E-state index is -1.05.